The number of nitrogens with zero attached hydrogens (tertiary/aromatic N) is 1. The summed E-state index contributed by atoms with van der Waals surface area (Å²) in [6.07, 6.45) is 4.68. The number of halogens is 1. The maximum Gasteiger partial charge on any atom is 0.317 e. The van der Waals surface area contributed by atoms with Crippen LogP contribution in [0.5, 0.6) is 5.75 Å². The highest BCUT2D eigenvalue weighted by atomic mass is 32.1. The summed E-state index contributed by atoms with van der Waals surface area (Å²) in [5, 5.41) is 5.17. The average Bonchev–Trinajstić information content (AvgIpc) is 3.00. The van der Waals surface area contributed by atoms with Crippen LogP contribution in [0.4, 0.5) is 9.18 Å². The molecule has 0 atom stereocenters. The van der Waals surface area contributed by atoms with Gasteiger partial charge in [0.05, 0.1) is 13.1 Å². The lowest BCUT2D eigenvalue weighted by Gasteiger charge is -2.38. The first-order valence-corrected chi connectivity index (χ1v) is 9.61. The molecule has 4 nitrogen and oxygen atoms in total. The summed E-state index contributed by atoms with van der Waals surface area (Å²) in [5.41, 5.74) is 2.70. The number of carbonyl (C=O) groups is 1. The van der Waals surface area contributed by atoms with Crippen LogP contribution < -0.4 is 10.1 Å². The highest BCUT2D eigenvalue weighted by Gasteiger charge is 2.32. The van der Waals surface area contributed by atoms with Crippen LogP contribution in [0.1, 0.15) is 28.8 Å². The van der Waals surface area contributed by atoms with E-state index in [9.17, 15) is 9.18 Å². The number of para-hydroxylation sites is 1. The monoisotopic (exact) mass is 360 g/mol. The minimum Gasteiger partial charge on any atom is -0.484 e. The zero-order valence-corrected chi connectivity index (χ0v) is 14.8. The average molecular weight is 360 g/mol. The van der Waals surface area contributed by atoms with Gasteiger partial charge in [0, 0.05) is 11.4 Å². The first kappa shape index (κ1) is 16.4. The number of hydrogen-bond donors (Lipinski definition) is 1. The van der Waals surface area contributed by atoms with Crippen LogP contribution in [0.3, 0.4) is 0 Å². The number of nitrogens with one attached hydrogen (secondary N) is 1. The number of fused-ring (bicyclic) bond motifs is 1. The van der Waals surface area contributed by atoms with Crippen molar-refractivity contribution in [1.82, 2.24) is 10.2 Å². The number of carbonyl (C=O) groups excluding carboxylic acids is 1. The van der Waals surface area contributed by atoms with E-state index in [1.54, 1.807) is 23.1 Å². The zero-order valence-electron chi connectivity index (χ0n) is 14.0. The molecule has 2 aromatic rings. The van der Waals surface area contributed by atoms with Crippen molar-refractivity contribution < 1.29 is 13.9 Å². The molecule has 0 saturated carbocycles. The molecular weight excluding hydrogens is 339 g/mol. The van der Waals surface area contributed by atoms with Crippen LogP contribution in [0.25, 0.3) is 0 Å². The number of rotatable bonds is 4. The van der Waals surface area contributed by atoms with Gasteiger partial charge in [0.2, 0.25) is 0 Å². The predicted molar refractivity (Wildman–Crippen MR) is 95.6 cm³/mol. The smallest absolute Gasteiger partial charge is 0.317 e. The summed E-state index contributed by atoms with van der Waals surface area (Å²) >= 11 is 1.81. The minimum atomic E-state index is -0.368. The van der Waals surface area contributed by atoms with Gasteiger partial charge in [0.25, 0.3) is 0 Å². The molecule has 1 aliphatic heterocycles. The Bertz CT molecular complexity index is 771. The van der Waals surface area contributed by atoms with Crippen LogP contribution in [0, 0.1) is 5.82 Å². The number of ether oxygens (including phenoxy) is 1. The fourth-order valence-electron chi connectivity index (χ4n) is 3.39. The molecule has 0 radical (unpaired) electrons. The molecule has 2 amide bonds. The Balaban J connectivity index is 1.25. The maximum atomic E-state index is 13.6. The number of urea groups is 1. The lowest BCUT2D eigenvalue weighted by Crippen LogP contribution is -2.58. The molecule has 4 rings (SSSR count). The summed E-state index contributed by atoms with van der Waals surface area (Å²) in [5.74, 6) is -0.120. The Kier molecular flexibility index (Phi) is 4.61. The molecule has 0 spiro atoms. The summed E-state index contributed by atoms with van der Waals surface area (Å²) in [4.78, 5) is 15.4. The molecule has 1 aromatic heterocycles. The topological polar surface area (TPSA) is 41.6 Å². The molecule has 132 valence electrons. The number of likely N-dealkylation sites (tertiary alicyclic amines) is 1. The summed E-state index contributed by atoms with van der Waals surface area (Å²) in [6, 6.07) is 6.27. The molecular formula is C19H21FN2O2S. The first-order chi connectivity index (χ1) is 12.2. The Morgan fingerprint density at radius 3 is 2.92 bits per heavy atom. The second-order valence-electron chi connectivity index (χ2n) is 6.60. The van der Waals surface area contributed by atoms with Crippen molar-refractivity contribution in [2.75, 3.05) is 13.1 Å². The van der Waals surface area contributed by atoms with Crippen LogP contribution in [0.2, 0.25) is 0 Å². The standard InChI is InChI=1S/C19H21FN2O2S/c20-16-6-2-3-7-17(16)24-14-10-22(11-14)19(23)21-9-13-12-25-18-8-4-1-5-15(13)18/h2-3,6-7,12,14H,1,4-5,8-11H2,(H,21,23). The van der Waals surface area contributed by atoms with E-state index >= 15 is 0 Å². The summed E-state index contributed by atoms with van der Waals surface area (Å²) < 4.78 is 19.2. The van der Waals surface area contributed by atoms with E-state index in [1.165, 1.54) is 41.3 Å². The molecule has 1 aliphatic carbocycles. The van der Waals surface area contributed by atoms with Gasteiger partial charge in [0.15, 0.2) is 11.6 Å². The van der Waals surface area contributed by atoms with Crippen molar-refractivity contribution in [3.8, 4) is 5.75 Å². The third kappa shape index (κ3) is 3.49. The van der Waals surface area contributed by atoms with Gasteiger partial charge in [-0.3, -0.25) is 0 Å². The normalized spacial score (nSPS) is 16.9. The lowest BCUT2D eigenvalue weighted by atomic mass is 9.96. The summed E-state index contributed by atoms with van der Waals surface area (Å²) in [6.45, 7) is 1.56. The van der Waals surface area contributed by atoms with Crippen molar-refractivity contribution in [2.24, 2.45) is 0 Å². The van der Waals surface area contributed by atoms with E-state index in [4.69, 9.17) is 4.74 Å². The number of amides is 2. The third-order valence-electron chi connectivity index (χ3n) is 4.84. The largest absolute Gasteiger partial charge is 0.484 e. The Morgan fingerprint density at radius 1 is 1.28 bits per heavy atom. The summed E-state index contributed by atoms with van der Waals surface area (Å²) in [7, 11) is 0. The van der Waals surface area contributed by atoms with Crippen LogP contribution >= 0.6 is 11.3 Å². The molecule has 0 bridgehead atoms. The molecule has 1 aromatic carbocycles. The van der Waals surface area contributed by atoms with E-state index in [1.807, 2.05) is 11.3 Å². The number of thiophene rings is 1. The van der Waals surface area contributed by atoms with Gasteiger partial charge in [-0.05, 0) is 54.3 Å². The van der Waals surface area contributed by atoms with Crippen molar-refractivity contribution in [3.05, 3.63) is 51.5 Å². The zero-order chi connectivity index (χ0) is 17.2. The van der Waals surface area contributed by atoms with Gasteiger partial charge >= 0.3 is 6.03 Å². The molecule has 25 heavy (non-hydrogen) atoms. The molecule has 1 saturated heterocycles. The number of benzene rings is 1. The van der Waals surface area contributed by atoms with E-state index in [2.05, 4.69) is 10.7 Å². The first-order valence-electron chi connectivity index (χ1n) is 8.73. The Labute approximate surface area is 150 Å². The van der Waals surface area contributed by atoms with E-state index in [0.717, 1.165) is 6.42 Å². The van der Waals surface area contributed by atoms with Gasteiger partial charge < -0.3 is 15.0 Å². The van der Waals surface area contributed by atoms with Crippen LogP contribution in [0.15, 0.2) is 29.6 Å². The number of aryl methyl sites for hydroxylation is 1. The molecule has 6 heteroatoms. The Hall–Kier alpha value is -2.08. The van der Waals surface area contributed by atoms with E-state index in [-0.39, 0.29) is 23.7 Å². The minimum absolute atomic E-state index is 0.0795. The van der Waals surface area contributed by atoms with Gasteiger partial charge in [0.1, 0.15) is 6.10 Å². The molecule has 0 unspecified atom stereocenters. The van der Waals surface area contributed by atoms with Gasteiger partial charge in [-0.25, -0.2) is 9.18 Å². The predicted octanol–water partition coefficient (Wildman–Crippen LogP) is 3.74. The molecule has 1 fully saturated rings. The third-order valence-corrected chi connectivity index (χ3v) is 5.98. The van der Waals surface area contributed by atoms with Gasteiger partial charge in [-0.15, -0.1) is 11.3 Å². The Morgan fingerprint density at radius 2 is 2.08 bits per heavy atom. The lowest BCUT2D eigenvalue weighted by molar-refractivity contribution is 0.0418. The van der Waals surface area contributed by atoms with Gasteiger partial charge in [-0.1, -0.05) is 12.1 Å². The molecule has 2 heterocycles. The molecule has 1 N–H and O–H groups in total. The fourth-order valence-corrected chi connectivity index (χ4v) is 4.54. The van der Waals surface area contributed by atoms with Crippen molar-refractivity contribution in [1.29, 1.82) is 0 Å². The quantitative estimate of drug-likeness (QED) is 0.902. The SMILES string of the molecule is O=C(NCc1csc2c1CCCC2)N1CC(Oc2ccccc2F)C1. The second kappa shape index (κ2) is 7.04. The molecule has 2 aliphatic rings. The van der Waals surface area contributed by atoms with Crippen molar-refractivity contribution in [3.63, 3.8) is 0 Å². The van der Waals surface area contributed by atoms with Crippen molar-refractivity contribution in [2.45, 2.75) is 38.3 Å². The highest BCUT2D eigenvalue weighted by Crippen LogP contribution is 2.30. The van der Waals surface area contributed by atoms with E-state index < -0.39 is 0 Å². The van der Waals surface area contributed by atoms with Gasteiger partial charge in [-0.2, -0.15) is 0 Å². The van der Waals surface area contributed by atoms with Crippen LogP contribution in [-0.4, -0.2) is 30.1 Å². The number of hydrogen-bond acceptors (Lipinski definition) is 3. The van der Waals surface area contributed by atoms with Crippen molar-refractivity contribution >= 4 is 17.4 Å². The second-order valence-corrected chi connectivity index (χ2v) is 7.57. The van der Waals surface area contributed by atoms with E-state index in [0.29, 0.717) is 19.6 Å². The fraction of sp³-hybridized carbons (Fsp3) is 0.421. The highest BCUT2D eigenvalue weighted by molar-refractivity contribution is 7.10. The maximum absolute atomic E-state index is 13.6. The van der Waals surface area contributed by atoms with Crippen LogP contribution in [-0.2, 0) is 19.4 Å².